The van der Waals surface area contributed by atoms with Gasteiger partial charge in [0.2, 0.25) is 0 Å². The van der Waals surface area contributed by atoms with E-state index in [-0.39, 0.29) is 6.61 Å². The Balaban J connectivity index is 1.63. The van der Waals surface area contributed by atoms with Gasteiger partial charge in [-0.05, 0) is 16.3 Å². The molecular weight excluding hydrogens is 264 g/mol. The number of hydrogen-bond donors (Lipinski definition) is 2. The summed E-state index contributed by atoms with van der Waals surface area (Å²) in [5, 5.41) is 22.8. The Labute approximate surface area is 123 Å². The largest absolute Gasteiger partial charge is 0.394 e. The lowest BCUT2D eigenvalue weighted by molar-refractivity contribution is 0.268. The van der Waals surface area contributed by atoms with Crippen LogP contribution in [-0.4, -0.2) is 26.7 Å². The highest BCUT2D eigenvalue weighted by molar-refractivity contribution is 5.85. The van der Waals surface area contributed by atoms with E-state index in [1.807, 2.05) is 6.20 Å². The maximum atomic E-state index is 8.85. The zero-order valence-electron chi connectivity index (χ0n) is 11.7. The number of nitrogens with one attached hydrogen (secondary N) is 1. The van der Waals surface area contributed by atoms with Gasteiger partial charge < -0.3 is 10.4 Å². The average molecular weight is 282 g/mol. The minimum absolute atomic E-state index is 0.0756. The van der Waals surface area contributed by atoms with Crippen LogP contribution in [0, 0.1) is 0 Å². The summed E-state index contributed by atoms with van der Waals surface area (Å²) in [4.78, 5) is 0. The van der Waals surface area contributed by atoms with Gasteiger partial charge in [0.1, 0.15) is 0 Å². The Morgan fingerprint density at radius 2 is 1.90 bits per heavy atom. The van der Waals surface area contributed by atoms with E-state index >= 15 is 0 Å². The van der Waals surface area contributed by atoms with E-state index in [4.69, 9.17) is 5.11 Å². The highest BCUT2D eigenvalue weighted by atomic mass is 16.3. The standard InChI is InChI=1S/C16H18N4O/c21-9-8-20-12-15(18-19-20)11-17-10-14-6-3-5-13-4-1-2-7-16(13)14/h1-7,12,17,21H,8-11H2. The van der Waals surface area contributed by atoms with Crippen molar-refractivity contribution in [3.63, 3.8) is 0 Å². The van der Waals surface area contributed by atoms with E-state index in [0.717, 1.165) is 12.2 Å². The van der Waals surface area contributed by atoms with Gasteiger partial charge in [-0.2, -0.15) is 0 Å². The van der Waals surface area contributed by atoms with E-state index < -0.39 is 0 Å². The molecule has 108 valence electrons. The molecular formula is C16H18N4O. The van der Waals surface area contributed by atoms with Crippen molar-refractivity contribution < 1.29 is 5.11 Å². The smallest absolute Gasteiger partial charge is 0.0964 e. The van der Waals surface area contributed by atoms with Crippen molar-refractivity contribution >= 4 is 10.8 Å². The van der Waals surface area contributed by atoms with Crippen molar-refractivity contribution in [3.8, 4) is 0 Å². The van der Waals surface area contributed by atoms with Crippen LogP contribution in [0.1, 0.15) is 11.3 Å². The van der Waals surface area contributed by atoms with Crippen molar-refractivity contribution in [2.45, 2.75) is 19.6 Å². The third-order valence-electron chi connectivity index (χ3n) is 3.42. The molecule has 0 aliphatic heterocycles. The van der Waals surface area contributed by atoms with Crippen molar-refractivity contribution in [2.75, 3.05) is 6.61 Å². The summed E-state index contributed by atoms with van der Waals surface area (Å²) in [6, 6.07) is 14.7. The summed E-state index contributed by atoms with van der Waals surface area (Å²) in [5.41, 5.74) is 2.15. The van der Waals surface area contributed by atoms with E-state index in [1.165, 1.54) is 16.3 Å². The van der Waals surface area contributed by atoms with E-state index in [2.05, 4.69) is 58.1 Å². The molecule has 0 radical (unpaired) electrons. The van der Waals surface area contributed by atoms with Gasteiger partial charge in [0.05, 0.1) is 18.8 Å². The predicted octanol–water partition coefficient (Wildman–Crippen LogP) is 1.71. The number of nitrogens with zero attached hydrogens (tertiary/aromatic N) is 3. The molecule has 0 aliphatic rings. The molecule has 2 N–H and O–H groups in total. The highest BCUT2D eigenvalue weighted by Crippen LogP contribution is 2.18. The van der Waals surface area contributed by atoms with Crippen LogP contribution in [0.2, 0.25) is 0 Å². The van der Waals surface area contributed by atoms with Crippen LogP contribution in [0.4, 0.5) is 0 Å². The van der Waals surface area contributed by atoms with Gasteiger partial charge in [-0.15, -0.1) is 5.10 Å². The van der Waals surface area contributed by atoms with Crippen LogP contribution in [-0.2, 0) is 19.6 Å². The first kappa shape index (κ1) is 13.7. The second-order valence-corrected chi connectivity index (χ2v) is 4.94. The Kier molecular flexibility index (Phi) is 4.23. The van der Waals surface area contributed by atoms with Crippen molar-refractivity contribution in [3.05, 3.63) is 59.9 Å². The van der Waals surface area contributed by atoms with Crippen LogP contribution in [0.3, 0.4) is 0 Å². The van der Waals surface area contributed by atoms with Gasteiger partial charge >= 0.3 is 0 Å². The molecule has 0 atom stereocenters. The molecule has 0 saturated heterocycles. The molecule has 0 unspecified atom stereocenters. The number of fused-ring (bicyclic) bond motifs is 1. The summed E-state index contributed by atoms with van der Waals surface area (Å²) in [6.45, 7) is 2.01. The van der Waals surface area contributed by atoms with E-state index in [9.17, 15) is 0 Å². The summed E-state index contributed by atoms with van der Waals surface area (Å²) in [5.74, 6) is 0. The normalized spacial score (nSPS) is 11.1. The van der Waals surface area contributed by atoms with Crippen LogP contribution in [0.5, 0.6) is 0 Å². The van der Waals surface area contributed by atoms with Crippen LogP contribution in [0.25, 0.3) is 10.8 Å². The molecule has 0 amide bonds. The average Bonchev–Trinajstić information content (AvgIpc) is 2.96. The molecule has 0 saturated carbocycles. The maximum absolute atomic E-state index is 8.85. The van der Waals surface area contributed by atoms with Gasteiger partial charge in [0, 0.05) is 19.3 Å². The molecule has 5 heteroatoms. The summed E-state index contributed by atoms with van der Waals surface area (Å²) < 4.78 is 1.65. The predicted molar refractivity (Wildman–Crippen MR) is 81.6 cm³/mol. The first-order valence-corrected chi connectivity index (χ1v) is 7.04. The first-order valence-electron chi connectivity index (χ1n) is 7.04. The Morgan fingerprint density at radius 1 is 1.05 bits per heavy atom. The van der Waals surface area contributed by atoms with Crippen molar-refractivity contribution in [1.82, 2.24) is 20.3 Å². The van der Waals surface area contributed by atoms with Crippen LogP contribution in [0.15, 0.2) is 48.7 Å². The molecule has 5 nitrogen and oxygen atoms in total. The zero-order valence-corrected chi connectivity index (χ0v) is 11.7. The Hall–Kier alpha value is -2.24. The van der Waals surface area contributed by atoms with Gasteiger partial charge in [-0.1, -0.05) is 47.7 Å². The van der Waals surface area contributed by atoms with Gasteiger partial charge in [-0.25, -0.2) is 4.68 Å². The third-order valence-corrected chi connectivity index (χ3v) is 3.42. The molecule has 1 aromatic heterocycles. The topological polar surface area (TPSA) is 63.0 Å². The third kappa shape index (κ3) is 3.26. The number of aromatic nitrogens is 3. The molecule has 3 rings (SSSR count). The van der Waals surface area contributed by atoms with Gasteiger partial charge in [0.25, 0.3) is 0 Å². The highest BCUT2D eigenvalue weighted by Gasteiger charge is 2.02. The quantitative estimate of drug-likeness (QED) is 0.722. The van der Waals surface area contributed by atoms with Gasteiger partial charge in [-0.3, -0.25) is 0 Å². The van der Waals surface area contributed by atoms with Crippen molar-refractivity contribution in [2.24, 2.45) is 0 Å². The molecule has 0 bridgehead atoms. The fraction of sp³-hybridized carbons (Fsp3) is 0.250. The number of aliphatic hydroxyl groups excluding tert-OH is 1. The van der Waals surface area contributed by atoms with Gasteiger partial charge in [0.15, 0.2) is 0 Å². The van der Waals surface area contributed by atoms with Crippen LogP contribution < -0.4 is 5.32 Å². The zero-order chi connectivity index (χ0) is 14.5. The molecule has 3 aromatic rings. The molecule has 1 heterocycles. The lowest BCUT2D eigenvalue weighted by atomic mass is 10.0. The second-order valence-electron chi connectivity index (χ2n) is 4.94. The number of aliphatic hydroxyl groups is 1. The summed E-state index contributed by atoms with van der Waals surface area (Å²) in [7, 11) is 0. The lowest BCUT2D eigenvalue weighted by Crippen LogP contribution is -2.13. The summed E-state index contributed by atoms with van der Waals surface area (Å²) in [6.07, 6.45) is 1.85. The fourth-order valence-electron chi connectivity index (χ4n) is 2.40. The molecule has 0 spiro atoms. The Morgan fingerprint density at radius 3 is 2.81 bits per heavy atom. The number of hydrogen-bond acceptors (Lipinski definition) is 4. The minimum atomic E-state index is 0.0756. The van der Waals surface area contributed by atoms with Crippen molar-refractivity contribution in [1.29, 1.82) is 0 Å². The molecule has 0 fully saturated rings. The SMILES string of the molecule is OCCn1cc(CNCc2cccc3ccccc23)nn1. The second kappa shape index (κ2) is 6.47. The molecule has 2 aromatic carbocycles. The van der Waals surface area contributed by atoms with E-state index in [0.29, 0.717) is 13.1 Å². The number of benzene rings is 2. The molecule has 0 aliphatic carbocycles. The minimum Gasteiger partial charge on any atom is -0.394 e. The number of rotatable bonds is 6. The first-order chi connectivity index (χ1) is 10.4. The summed E-state index contributed by atoms with van der Waals surface area (Å²) >= 11 is 0. The van der Waals surface area contributed by atoms with E-state index in [1.54, 1.807) is 4.68 Å². The lowest BCUT2D eigenvalue weighted by Gasteiger charge is -2.07. The Bertz CT molecular complexity index is 718. The monoisotopic (exact) mass is 282 g/mol. The molecule has 21 heavy (non-hydrogen) atoms. The maximum Gasteiger partial charge on any atom is 0.0964 e. The van der Waals surface area contributed by atoms with Crippen LogP contribution >= 0.6 is 0 Å². The fourth-order valence-corrected chi connectivity index (χ4v) is 2.40.